The Kier molecular flexibility index (Phi) is 5.85. The van der Waals surface area contributed by atoms with Crippen molar-refractivity contribution in [3.63, 3.8) is 0 Å². The van der Waals surface area contributed by atoms with Crippen LogP contribution in [0.1, 0.15) is 30.9 Å². The first kappa shape index (κ1) is 24.4. The predicted octanol–water partition coefficient (Wildman–Crippen LogP) is 4.02. The van der Waals surface area contributed by atoms with Gasteiger partial charge in [0.1, 0.15) is 17.6 Å². The van der Waals surface area contributed by atoms with Crippen LogP contribution in [0, 0.1) is 18.3 Å². The quantitative estimate of drug-likeness (QED) is 0.348. The molecule has 2 aliphatic rings. The number of hydrogen-bond acceptors (Lipinski definition) is 7. The van der Waals surface area contributed by atoms with Gasteiger partial charge >= 0.3 is 0 Å². The van der Waals surface area contributed by atoms with Crippen LogP contribution < -0.4 is 9.64 Å². The third-order valence-electron chi connectivity index (χ3n) is 7.57. The van der Waals surface area contributed by atoms with Crippen LogP contribution in [-0.2, 0) is 10.0 Å². The molecule has 9 nitrogen and oxygen atoms in total. The van der Waals surface area contributed by atoms with Crippen molar-refractivity contribution in [3.05, 3.63) is 72.2 Å². The Balaban J connectivity index is 1.19. The molecule has 1 unspecified atom stereocenters. The van der Waals surface area contributed by atoms with Gasteiger partial charge in [-0.15, -0.1) is 0 Å². The summed E-state index contributed by atoms with van der Waals surface area (Å²) in [5, 5.41) is 13.9. The van der Waals surface area contributed by atoms with Crippen LogP contribution in [-0.4, -0.2) is 59.1 Å². The molecular formula is C28H28N6O3S. The number of pyridine rings is 2. The van der Waals surface area contributed by atoms with E-state index in [1.165, 1.54) is 0 Å². The molecule has 2 aliphatic heterocycles. The summed E-state index contributed by atoms with van der Waals surface area (Å²) < 4.78 is 35.3. The Morgan fingerprint density at radius 2 is 1.87 bits per heavy atom. The number of piperidine rings is 1. The maximum absolute atomic E-state index is 13.2. The molecule has 3 aromatic heterocycles. The number of sulfonamides is 1. The summed E-state index contributed by atoms with van der Waals surface area (Å²) in [5.41, 5.74) is 3.65. The van der Waals surface area contributed by atoms with E-state index in [2.05, 4.69) is 16.1 Å². The molecule has 2 saturated heterocycles. The van der Waals surface area contributed by atoms with Crippen molar-refractivity contribution in [2.45, 2.75) is 37.1 Å². The molecule has 4 aromatic rings. The standard InChI is InChI=1S/C28H28N6O3S/c1-3-37-23-14-25(27-22(15-29)17-31-33(27)18-23)21-6-9-26(30-16-21)32-12-10-28(11-13-32)19-34(28)38(35,36)24-7-4-20(2)5-8-24/h4-9,14,16-18H,3,10-13,19H2,1-2H3. The number of ether oxygens (including phenoxy) is 1. The van der Waals surface area contributed by atoms with Crippen LogP contribution in [0.3, 0.4) is 0 Å². The maximum Gasteiger partial charge on any atom is 0.243 e. The molecule has 1 spiro atoms. The van der Waals surface area contributed by atoms with E-state index in [4.69, 9.17) is 9.72 Å². The molecule has 6 rings (SSSR count). The van der Waals surface area contributed by atoms with Crippen molar-refractivity contribution >= 4 is 21.4 Å². The highest BCUT2D eigenvalue weighted by molar-refractivity contribution is 7.89. The van der Waals surface area contributed by atoms with E-state index in [1.807, 2.05) is 50.4 Å². The molecule has 0 aliphatic carbocycles. The summed E-state index contributed by atoms with van der Waals surface area (Å²) in [7, 11) is -3.48. The molecule has 2 fully saturated rings. The molecule has 38 heavy (non-hydrogen) atoms. The van der Waals surface area contributed by atoms with Crippen LogP contribution in [0.2, 0.25) is 0 Å². The first-order chi connectivity index (χ1) is 18.3. The topological polar surface area (TPSA) is 104 Å². The molecule has 0 saturated carbocycles. The molecule has 10 heteroatoms. The van der Waals surface area contributed by atoms with E-state index >= 15 is 0 Å². The van der Waals surface area contributed by atoms with Crippen LogP contribution in [0.5, 0.6) is 5.75 Å². The highest BCUT2D eigenvalue weighted by atomic mass is 32.2. The second-order valence-corrected chi connectivity index (χ2v) is 11.8. The normalized spacial score (nSPS) is 18.4. The van der Waals surface area contributed by atoms with Crippen molar-refractivity contribution in [3.8, 4) is 22.9 Å². The van der Waals surface area contributed by atoms with E-state index in [0.717, 1.165) is 48.4 Å². The van der Waals surface area contributed by atoms with Gasteiger partial charge < -0.3 is 9.64 Å². The Labute approximate surface area is 221 Å². The van der Waals surface area contributed by atoms with E-state index in [1.54, 1.807) is 33.3 Å². The van der Waals surface area contributed by atoms with Crippen LogP contribution in [0.15, 0.2) is 66.0 Å². The molecule has 1 atom stereocenters. The van der Waals surface area contributed by atoms with Gasteiger partial charge in [0, 0.05) is 37.0 Å². The SMILES string of the molecule is CCOc1cc(-c2ccc(N3CCC4(CC3)CN4S(=O)(=O)c3ccc(C)cc3)nc2)c2c(C#N)cnn2c1. The zero-order valence-corrected chi connectivity index (χ0v) is 22.1. The van der Waals surface area contributed by atoms with Crippen molar-refractivity contribution in [1.82, 2.24) is 18.9 Å². The van der Waals surface area contributed by atoms with Gasteiger partial charge in [0.2, 0.25) is 10.0 Å². The number of nitrogens with zero attached hydrogens (tertiary/aromatic N) is 6. The fourth-order valence-electron chi connectivity index (χ4n) is 5.35. The van der Waals surface area contributed by atoms with Gasteiger partial charge in [-0.05, 0) is 57.0 Å². The first-order valence-electron chi connectivity index (χ1n) is 12.7. The molecule has 0 radical (unpaired) electrons. The molecule has 0 amide bonds. The van der Waals surface area contributed by atoms with Gasteiger partial charge in [-0.3, -0.25) is 0 Å². The number of aryl methyl sites for hydroxylation is 1. The van der Waals surface area contributed by atoms with E-state index in [0.29, 0.717) is 34.9 Å². The first-order valence-corrected chi connectivity index (χ1v) is 14.1. The zero-order chi connectivity index (χ0) is 26.5. The molecular weight excluding hydrogens is 500 g/mol. The van der Waals surface area contributed by atoms with Gasteiger partial charge in [0.05, 0.1) is 40.5 Å². The lowest BCUT2D eigenvalue weighted by atomic mass is 9.97. The lowest BCUT2D eigenvalue weighted by Gasteiger charge is -2.33. The Morgan fingerprint density at radius 3 is 2.53 bits per heavy atom. The third-order valence-corrected chi connectivity index (χ3v) is 9.53. The average Bonchev–Trinajstić information content (AvgIpc) is 3.48. The van der Waals surface area contributed by atoms with Crippen LogP contribution in [0.25, 0.3) is 16.6 Å². The summed E-state index contributed by atoms with van der Waals surface area (Å²) in [6, 6.07) is 15.2. The molecule has 5 heterocycles. The van der Waals surface area contributed by atoms with E-state index < -0.39 is 10.0 Å². The van der Waals surface area contributed by atoms with Gasteiger partial charge in [0.25, 0.3) is 0 Å². The number of anilines is 1. The summed E-state index contributed by atoms with van der Waals surface area (Å²) in [6.07, 6.45) is 6.67. The third kappa shape index (κ3) is 4.08. The molecule has 0 bridgehead atoms. The van der Waals surface area contributed by atoms with Crippen molar-refractivity contribution in [2.24, 2.45) is 0 Å². The fourth-order valence-corrected chi connectivity index (χ4v) is 7.18. The number of benzene rings is 1. The van der Waals surface area contributed by atoms with E-state index in [9.17, 15) is 13.7 Å². The van der Waals surface area contributed by atoms with Crippen molar-refractivity contribution in [2.75, 3.05) is 31.1 Å². The zero-order valence-electron chi connectivity index (χ0n) is 21.3. The lowest BCUT2D eigenvalue weighted by Crippen LogP contribution is -2.40. The largest absolute Gasteiger partial charge is 0.492 e. The Morgan fingerprint density at radius 1 is 1.11 bits per heavy atom. The van der Waals surface area contributed by atoms with Crippen molar-refractivity contribution < 1.29 is 13.2 Å². The van der Waals surface area contributed by atoms with Gasteiger partial charge in [0.15, 0.2) is 0 Å². The molecule has 0 N–H and O–H groups in total. The number of hydrogen-bond donors (Lipinski definition) is 0. The average molecular weight is 529 g/mol. The lowest BCUT2D eigenvalue weighted by molar-refractivity contribution is 0.338. The summed E-state index contributed by atoms with van der Waals surface area (Å²) in [6.45, 7) is 6.43. The summed E-state index contributed by atoms with van der Waals surface area (Å²) in [4.78, 5) is 7.30. The number of aromatic nitrogens is 3. The summed E-state index contributed by atoms with van der Waals surface area (Å²) in [5.74, 6) is 1.52. The molecule has 1 aromatic carbocycles. The Hall–Kier alpha value is -3.94. The minimum Gasteiger partial charge on any atom is -0.492 e. The minimum absolute atomic E-state index is 0.290. The van der Waals surface area contributed by atoms with Gasteiger partial charge in [-0.1, -0.05) is 17.7 Å². The second-order valence-electron chi connectivity index (χ2n) is 9.93. The highest BCUT2D eigenvalue weighted by Crippen LogP contribution is 2.46. The minimum atomic E-state index is -3.48. The number of rotatable bonds is 6. The van der Waals surface area contributed by atoms with Gasteiger partial charge in [-0.2, -0.15) is 14.7 Å². The second kappa shape index (κ2) is 9.11. The highest BCUT2D eigenvalue weighted by Gasteiger charge is 2.59. The fraction of sp³-hybridized carbons (Fsp3) is 0.321. The smallest absolute Gasteiger partial charge is 0.243 e. The monoisotopic (exact) mass is 528 g/mol. The number of nitriles is 1. The maximum atomic E-state index is 13.2. The van der Waals surface area contributed by atoms with Crippen molar-refractivity contribution in [1.29, 1.82) is 5.26 Å². The van der Waals surface area contributed by atoms with Crippen LogP contribution >= 0.6 is 0 Å². The molecule has 194 valence electrons. The Bertz CT molecular complexity index is 1650. The van der Waals surface area contributed by atoms with E-state index in [-0.39, 0.29) is 5.54 Å². The predicted molar refractivity (Wildman–Crippen MR) is 144 cm³/mol. The number of fused-ring (bicyclic) bond motifs is 1. The summed E-state index contributed by atoms with van der Waals surface area (Å²) >= 11 is 0. The van der Waals surface area contributed by atoms with Gasteiger partial charge in [-0.25, -0.2) is 17.9 Å². The van der Waals surface area contributed by atoms with Crippen LogP contribution in [0.4, 0.5) is 5.82 Å².